The first-order chi connectivity index (χ1) is 15.7. The first kappa shape index (κ1) is 24.4. The maximum absolute atomic E-state index is 12.3. The second-order valence-electron chi connectivity index (χ2n) is 7.45. The summed E-state index contributed by atoms with van der Waals surface area (Å²) in [6.45, 7) is 8.25. The van der Waals surface area contributed by atoms with Crippen LogP contribution in [0.15, 0.2) is 24.3 Å². The minimum atomic E-state index is -0.567. The van der Waals surface area contributed by atoms with E-state index < -0.39 is 11.9 Å². The lowest BCUT2D eigenvalue weighted by Gasteiger charge is -2.12. The van der Waals surface area contributed by atoms with Gasteiger partial charge in [-0.15, -0.1) is 11.3 Å². The zero-order chi connectivity index (χ0) is 24.3. The van der Waals surface area contributed by atoms with Crippen molar-refractivity contribution >= 4 is 51.3 Å². The van der Waals surface area contributed by atoms with Gasteiger partial charge in [-0.2, -0.15) is 5.10 Å². The van der Waals surface area contributed by atoms with Crippen LogP contribution in [0.5, 0.6) is 0 Å². The van der Waals surface area contributed by atoms with E-state index in [1.165, 1.54) is 25.3 Å². The Labute approximate surface area is 201 Å². The first-order valence-electron chi connectivity index (χ1n) is 10.1. The number of carbonyl (C=O) groups is 2. The van der Waals surface area contributed by atoms with Gasteiger partial charge in [-0.1, -0.05) is 24.3 Å². The fraction of sp³-hybridized carbons (Fsp3) is 0.304. The molecule has 0 saturated carbocycles. The van der Waals surface area contributed by atoms with Crippen LogP contribution in [0.25, 0.3) is 0 Å². The number of aromatic nitrogens is 2. The van der Waals surface area contributed by atoms with Crippen molar-refractivity contribution in [3.05, 3.63) is 62.8 Å². The highest BCUT2D eigenvalue weighted by Crippen LogP contribution is 2.34. The normalized spacial score (nSPS) is 10.6. The molecule has 174 valence electrons. The summed E-state index contributed by atoms with van der Waals surface area (Å²) in [6.07, 6.45) is 0. The van der Waals surface area contributed by atoms with Gasteiger partial charge in [-0.25, -0.2) is 9.59 Å². The van der Waals surface area contributed by atoms with Crippen molar-refractivity contribution in [2.45, 2.75) is 34.2 Å². The van der Waals surface area contributed by atoms with Crippen LogP contribution in [0.3, 0.4) is 0 Å². The van der Waals surface area contributed by atoms with Crippen molar-refractivity contribution in [2.75, 3.05) is 24.9 Å². The van der Waals surface area contributed by atoms with Crippen LogP contribution in [-0.4, -0.2) is 41.1 Å². The molecule has 0 bridgehead atoms. The van der Waals surface area contributed by atoms with Crippen LogP contribution in [0.1, 0.15) is 48.1 Å². The number of benzene rings is 1. The minimum absolute atomic E-state index is 0.246. The first-order valence-corrected chi connectivity index (χ1v) is 11.4. The van der Waals surface area contributed by atoms with E-state index in [2.05, 4.69) is 34.8 Å². The molecule has 3 rings (SSSR count). The van der Waals surface area contributed by atoms with Crippen LogP contribution in [0.4, 0.5) is 10.7 Å². The van der Waals surface area contributed by atoms with Crippen LogP contribution >= 0.6 is 23.6 Å². The Morgan fingerprint density at radius 1 is 1.06 bits per heavy atom. The third-order valence-corrected chi connectivity index (χ3v) is 6.73. The number of nitrogens with zero attached hydrogens (tertiary/aromatic N) is 2. The second kappa shape index (κ2) is 10.1. The number of methoxy groups -OCH3 is 2. The van der Waals surface area contributed by atoms with E-state index in [0.29, 0.717) is 22.0 Å². The molecule has 0 aliphatic carbocycles. The topological polar surface area (TPSA) is 94.5 Å². The molecule has 0 spiro atoms. The summed E-state index contributed by atoms with van der Waals surface area (Å²) in [4.78, 5) is 24.8. The van der Waals surface area contributed by atoms with Gasteiger partial charge in [-0.05, 0) is 56.6 Å². The Morgan fingerprint density at radius 2 is 1.73 bits per heavy atom. The average Bonchev–Trinajstić information content (AvgIpc) is 3.24. The summed E-state index contributed by atoms with van der Waals surface area (Å²) in [6, 6.07) is 8.18. The molecule has 0 saturated heterocycles. The van der Waals surface area contributed by atoms with Crippen LogP contribution in [-0.2, 0) is 16.0 Å². The number of aryl methyl sites for hydroxylation is 2. The summed E-state index contributed by atoms with van der Waals surface area (Å²) < 4.78 is 11.6. The molecule has 0 unspecified atom stereocenters. The van der Waals surface area contributed by atoms with Crippen LogP contribution < -0.4 is 10.6 Å². The molecule has 33 heavy (non-hydrogen) atoms. The molecule has 0 atom stereocenters. The number of thiophene rings is 1. The molecular weight excluding hydrogens is 460 g/mol. The fourth-order valence-electron chi connectivity index (χ4n) is 3.47. The third-order valence-electron chi connectivity index (χ3n) is 5.34. The number of ether oxygens (including phenoxy) is 2. The Morgan fingerprint density at radius 3 is 2.36 bits per heavy atom. The SMILES string of the molecule is COC(=O)c1sc(NC(=S)Nc2c(C)nn(Cc3ccccc3C)c2C)c(C(=O)OC)c1C. The number of rotatable bonds is 6. The number of carbonyl (C=O) groups excluding carboxylic acids is 2. The molecule has 8 nitrogen and oxygen atoms in total. The minimum Gasteiger partial charge on any atom is -0.465 e. The lowest BCUT2D eigenvalue weighted by atomic mass is 10.1. The van der Waals surface area contributed by atoms with Gasteiger partial charge in [0.25, 0.3) is 0 Å². The van der Waals surface area contributed by atoms with E-state index in [1.54, 1.807) is 6.92 Å². The third kappa shape index (κ3) is 5.07. The zero-order valence-electron chi connectivity index (χ0n) is 19.4. The predicted octanol–water partition coefficient (Wildman–Crippen LogP) is 4.61. The van der Waals surface area contributed by atoms with Gasteiger partial charge in [0.15, 0.2) is 5.11 Å². The number of anilines is 2. The van der Waals surface area contributed by atoms with E-state index in [9.17, 15) is 9.59 Å². The Balaban J connectivity index is 1.84. The van der Waals surface area contributed by atoms with Crippen molar-refractivity contribution in [3.63, 3.8) is 0 Å². The molecule has 3 aromatic rings. The highest BCUT2D eigenvalue weighted by molar-refractivity contribution is 7.80. The average molecular weight is 487 g/mol. The number of hydrogen-bond acceptors (Lipinski definition) is 7. The van der Waals surface area contributed by atoms with Gasteiger partial charge in [0.05, 0.1) is 43.4 Å². The molecule has 0 radical (unpaired) electrons. The quantitative estimate of drug-likeness (QED) is 0.385. The number of esters is 2. The number of nitrogens with one attached hydrogen (secondary N) is 2. The van der Waals surface area contributed by atoms with E-state index >= 15 is 0 Å². The van der Waals surface area contributed by atoms with Crippen molar-refractivity contribution in [3.8, 4) is 0 Å². The van der Waals surface area contributed by atoms with E-state index in [4.69, 9.17) is 21.7 Å². The molecule has 0 amide bonds. The van der Waals surface area contributed by atoms with Gasteiger partial charge in [0.1, 0.15) is 9.88 Å². The van der Waals surface area contributed by atoms with Gasteiger partial charge in [0, 0.05) is 0 Å². The molecule has 0 aliphatic heterocycles. The number of hydrogen-bond donors (Lipinski definition) is 2. The Hall–Kier alpha value is -3.24. The molecule has 1 aromatic carbocycles. The standard InChI is InChI=1S/C23H26N4O4S2/c1-12-9-7-8-10-16(12)11-27-15(4)18(14(3)26-27)24-23(32)25-20-17(21(28)30-5)13(2)19(33-20)22(29)31-6/h7-10H,11H2,1-6H3,(H2,24,25,32). The smallest absolute Gasteiger partial charge is 0.348 e. The van der Waals surface area contributed by atoms with Crippen molar-refractivity contribution in [1.82, 2.24) is 9.78 Å². The Kier molecular flexibility index (Phi) is 7.50. The molecular formula is C23H26N4O4S2. The lowest BCUT2D eigenvalue weighted by molar-refractivity contribution is 0.0601. The Bertz CT molecular complexity index is 1230. The van der Waals surface area contributed by atoms with Crippen LogP contribution in [0.2, 0.25) is 0 Å². The highest BCUT2D eigenvalue weighted by atomic mass is 32.1. The maximum Gasteiger partial charge on any atom is 0.348 e. The summed E-state index contributed by atoms with van der Waals surface area (Å²) in [5, 5.41) is 11.5. The second-order valence-corrected chi connectivity index (χ2v) is 8.88. The van der Waals surface area contributed by atoms with Gasteiger partial charge < -0.3 is 20.1 Å². The molecule has 2 aromatic heterocycles. The summed E-state index contributed by atoms with van der Waals surface area (Å²) in [7, 11) is 2.58. The highest BCUT2D eigenvalue weighted by Gasteiger charge is 2.26. The van der Waals surface area contributed by atoms with Gasteiger partial charge in [0.2, 0.25) is 0 Å². The zero-order valence-corrected chi connectivity index (χ0v) is 21.0. The van der Waals surface area contributed by atoms with E-state index in [-0.39, 0.29) is 10.7 Å². The van der Waals surface area contributed by atoms with Gasteiger partial charge >= 0.3 is 11.9 Å². The maximum atomic E-state index is 12.3. The molecule has 2 N–H and O–H groups in total. The molecule has 0 fully saturated rings. The largest absolute Gasteiger partial charge is 0.465 e. The van der Waals surface area contributed by atoms with Crippen molar-refractivity contribution in [1.29, 1.82) is 0 Å². The van der Waals surface area contributed by atoms with E-state index in [0.717, 1.165) is 28.4 Å². The van der Waals surface area contributed by atoms with Gasteiger partial charge in [-0.3, -0.25) is 4.68 Å². The number of thiocarbonyl (C=S) groups is 1. The van der Waals surface area contributed by atoms with E-state index in [1.807, 2.05) is 30.7 Å². The predicted molar refractivity (Wildman–Crippen MR) is 134 cm³/mol. The summed E-state index contributed by atoms with van der Waals surface area (Å²) in [5.74, 6) is -1.10. The van der Waals surface area contributed by atoms with Crippen molar-refractivity contribution < 1.29 is 19.1 Å². The summed E-state index contributed by atoms with van der Waals surface area (Å²) >= 11 is 6.59. The molecule has 2 heterocycles. The molecule has 0 aliphatic rings. The molecule has 10 heteroatoms. The van der Waals surface area contributed by atoms with Crippen LogP contribution in [0, 0.1) is 27.7 Å². The summed E-state index contributed by atoms with van der Waals surface area (Å²) in [5.41, 5.74) is 5.59. The monoisotopic (exact) mass is 486 g/mol. The fourth-order valence-corrected chi connectivity index (χ4v) is 4.85. The van der Waals surface area contributed by atoms with Crippen molar-refractivity contribution in [2.24, 2.45) is 0 Å². The lowest BCUT2D eigenvalue weighted by Crippen LogP contribution is -2.21.